The zero-order valence-corrected chi connectivity index (χ0v) is 15.9. The molecule has 2 atom stereocenters. The number of fused-ring (bicyclic) bond motifs is 2. The summed E-state index contributed by atoms with van der Waals surface area (Å²) in [5.41, 5.74) is 7.60. The molecular formula is C19H23ClFN5O. The number of benzene rings is 1. The van der Waals surface area contributed by atoms with E-state index in [0.29, 0.717) is 23.2 Å². The van der Waals surface area contributed by atoms with Gasteiger partial charge in [0.1, 0.15) is 5.82 Å². The minimum Gasteiger partial charge on any atom is -0.347 e. The van der Waals surface area contributed by atoms with Gasteiger partial charge in [-0.3, -0.25) is 4.79 Å². The average molecular weight is 392 g/mol. The van der Waals surface area contributed by atoms with Crippen LogP contribution in [-0.4, -0.2) is 33.0 Å². The van der Waals surface area contributed by atoms with E-state index in [-0.39, 0.29) is 28.7 Å². The van der Waals surface area contributed by atoms with Crippen LogP contribution in [-0.2, 0) is 0 Å². The van der Waals surface area contributed by atoms with Crippen molar-refractivity contribution in [1.29, 1.82) is 0 Å². The molecule has 6 nitrogen and oxygen atoms in total. The number of aromatic nitrogens is 3. The number of amides is 1. The van der Waals surface area contributed by atoms with E-state index >= 15 is 0 Å². The Balaban J connectivity index is 1.55. The molecule has 2 saturated carbocycles. The number of nitrogens with one attached hydrogen (secondary N) is 1. The van der Waals surface area contributed by atoms with Gasteiger partial charge in [-0.2, -0.15) is 0 Å². The van der Waals surface area contributed by atoms with Crippen molar-refractivity contribution in [3.63, 3.8) is 0 Å². The van der Waals surface area contributed by atoms with Gasteiger partial charge in [0.15, 0.2) is 5.69 Å². The van der Waals surface area contributed by atoms with Crippen LogP contribution in [0.4, 0.5) is 4.39 Å². The number of hydrogen-bond acceptors (Lipinski definition) is 4. The molecule has 1 aromatic carbocycles. The third-order valence-electron chi connectivity index (χ3n) is 5.93. The van der Waals surface area contributed by atoms with Crippen molar-refractivity contribution < 1.29 is 9.18 Å². The van der Waals surface area contributed by atoms with Crippen LogP contribution in [0, 0.1) is 24.6 Å². The van der Waals surface area contributed by atoms with Gasteiger partial charge in [-0.1, -0.05) is 23.2 Å². The van der Waals surface area contributed by atoms with Gasteiger partial charge < -0.3 is 11.1 Å². The Morgan fingerprint density at radius 1 is 1.33 bits per heavy atom. The van der Waals surface area contributed by atoms with Crippen LogP contribution in [0.25, 0.3) is 5.69 Å². The van der Waals surface area contributed by atoms with E-state index in [2.05, 4.69) is 15.6 Å². The van der Waals surface area contributed by atoms with Crippen molar-refractivity contribution >= 4 is 17.5 Å². The van der Waals surface area contributed by atoms with Crippen LogP contribution in [0.15, 0.2) is 18.2 Å². The van der Waals surface area contributed by atoms with Gasteiger partial charge in [0, 0.05) is 12.1 Å². The Bertz CT molecular complexity index is 856. The van der Waals surface area contributed by atoms with Gasteiger partial charge in [0.2, 0.25) is 0 Å². The summed E-state index contributed by atoms with van der Waals surface area (Å²) >= 11 is 5.85. The smallest absolute Gasteiger partial charge is 0.274 e. The van der Waals surface area contributed by atoms with E-state index in [4.69, 9.17) is 17.3 Å². The fourth-order valence-electron chi connectivity index (χ4n) is 4.65. The molecule has 0 aliphatic heterocycles. The van der Waals surface area contributed by atoms with E-state index < -0.39 is 5.82 Å². The SMILES string of the molecule is Cc1c(C(=O)NC2C3CCCC2CC(N)C3)nnn1-c1ccc(F)c(Cl)c1. The van der Waals surface area contributed by atoms with Gasteiger partial charge >= 0.3 is 0 Å². The lowest BCUT2D eigenvalue weighted by Crippen LogP contribution is -2.53. The first kappa shape index (κ1) is 18.4. The molecule has 2 aliphatic carbocycles. The molecule has 2 unspecified atom stereocenters. The van der Waals surface area contributed by atoms with Crippen molar-refractivity contribution in [2.24, 2.45) is 17.6 Å². The van der Waals surface area contributed by atoms with Crippen molar-refractivity contribution in [1.82, 2.24) is 20.3 Å². The number of halogens is 2. The molecule has 3 N–H and O–H groups in total. The summed E-state index contributed by atoms with van der Waals surface area (Å²) in [6.07, 6.45) is 5.33. The van der Waals surface area contributed by atoms with E-state index in [1.165, 1.54) is 23.2 Å². The van der Waals surface area contributed by atoms with Gasteiger partial charge in [0.25, 0.3) is 5.91 Å². The summed E-state index contributed by atoms with van der Waals surface area (Å²) in [5, 5.41) is 11.3. The largest absolute Gasteiger partial charge is 0.347 e. The first-order valence-corrected chi connectivity index (χ1v) is 9.76. The number of nitrogens with zero attached hydrogens (tertiary/aromatic N) is 3. The molecule has 2 aromatic rings. The van der Waals surface area contributed by atoms with Crippen molar-refractivity contribution in [2.45, 2.75) is 51.1 Å². The first-order chi connectivity index (χ1) is 12.9. The summed E-state index contributed by atoms with van der Waals surface area (Å²) < 4.78 is 14.9. The molecule has 1 aromatic heterocycles. The maximum atomic E-state index is 13.4. The second kappa shape index (κ2) is 7.20. The molecule has 8 heteroatoms. The molecule has 144 valence electrons. The normalized spacial score (nSPS) is 27.4. The number of rotatable bonds is 3. The van der Waals surface area contributed by atoms with Crippen molar-refractivity contribution in [2.75, 3.05) is 0 Å². The molecule has 0 spiro atoms. The highest BCUT2D eigenvalue weighted by Gasteiger charge is 2.40. The number of nitrogens with two attached hydrogens (primary N) is 1. The maximum Gasteiger partial charge on any atom is 0.274 e. The summed E-state index contributed by atoms with van der Waals surface area (Å²) in [6, 6.07) is 4.67. The predicted octanol–water partition coefficient (Wildman–Crippen LogP) is 3.00. The Morgan fingerprint density at radius 2 is 2.04 bits per heavy atom. The predicted molar refractivity (Wildman–Crippen MR) is 100 cm³/mol. The summed E-state index contributed by atoms with van der Waals surface area (Å²) in [7, 11) is 0. The Labute approximate surface area is 162 Å². The fourth-order valence-corrected chi connectivity index (χ4v) is 4.82. The van der Waals surface area contributed by atoms with Gasteiger partial charge in [-0.15, -0.1) is 5.10 Å². The lowest BCUT2D eigenvalue weighted by atomic mass is 9.67. The molecular weight excluding hydrogens is 369 g/mol. The number of carbonyl (C=O) groups excluding carboxylic acids is 1. The zero-order valence-electron chi connectivity index (χ0n) is 15.2. The lowest BCUT2D eigenvalue weighted by Gasteiger charge is -2.45. The highest BCUT2D eigenvalue weighted by atomic mass is 35.5. The number of hydrogen-bond donors (Lipinski definition) is 2. The summed E-state index contributed by atoms with van der Waals surface area (Å²) in [4.78, 5) is 12.9. The van der Waals surface area contributed by atoms with Gasteiger partial charge in [-0.25, -0.2) is 9.07 Å². The van der Waals surface area contributed by atoms with Crippen LogP contribution >= 0.6 is 11.6 Å². The molecule has 4 rings (SSSR count). The van der Waals surface area contributed by atoms with E-state index in [1.54, 1.807) is 13.0 Å². The monoisotopic (exact) mass is 391 g/mol. The second-order valence-corrected chi connectivity index (χ2v) is 8.12. The van der Waals surface area contributed by atoms with Crippen LogP contribution in [0.5, 0.6) is 0 Å². The average Bonchev–Trinajstić information content (AvgIpc) is 3.00. The van der Waals surface area contributed by atoms with Crippen LogP contribution in [0.1, 0.15) is 48.3 Å². The Kier molecular flexibility index (Phi) is 4.90. The number of carbonyl (C=O) groups is 1. The molecule has 2 bridgehead atoms. The molecule has 1 heterocycles. The molecule has 2 aliphatic rings. The lowest BCUT2D eigenvalue weighted by molar-refractivity contribution is 0.0751. The van der Waals surface area contributed by atoms with Gasteiger partial charge in [0.05, 0.1) is 16.4 Å². The Morgan fingerprint density at radius 3 is 2.70 bits per heavy atom. The molecule has 1 amide bonds. The van der Waals surface area contributed by atoms with E-state index in [1.807, 2.05) is 0 Å². The fraction of sp³-hybridized carbons (Fsp3) is 0.526. The quantitative estimate of drug-likeness (QED) is 0.842. The minimum atomic E-state index is -0.502. The molecule has 27 heavy (non-hydrogen) atoms. The maximum absolute atomic E-state index is 13.4. The summed E-state index contributed by atoms with van der Waals surface area (Å²) in [5.74, 6) is 0.146. The highest BCUT2D eigenvalue weighted by molar-refractivity contribution is 6.30. The molecule has 0 saturated heterocycles. The standard InChI is InChI=1S/C19H23ClFN5O/c1-10-17(24-25-26(10)14-5-6-16(21)15(20)9-14)19(27)23-18-11-3-2-4-12(18)8-13(22)7-11/h5-6,9,11-13,18H,2-4,7-8,22H2,1H3,(H,23,27). The van der Waals surface area contributed by atoms with Crippen molar-refractivity contribution in [3.05, 3.63) is 40.4 Å². The van der Waals surface area contributed by atoms with Crippen LogP contribution in [0.3, 0.4) is 0 Å². The first-order valence-electron chi connectivity index (χ1n) is 9.38. The zero-order chi connectivity index (χ0) is 19.1. The third-order valence-corrected chi connectivity index (χ3v) is 6.22. The topological polar surface area (TPSA) is 85.8 Å². The minimum absolute atomic E-state index is 0.000212. The Hall–Kier alpha value is -1.99. The highest BCUT2D eigenvalue weighted by Crippen LogP contribution is 2.39. The van der Waals surface area contributed by atoms with Crippen molar-refractivity contribution in [3.8, 4) is 5.69 Å². The van der Waals surface area contributed by atoms with Crippen LogP contribution < -0.4 is 11.1 Å². The van der Waals surface area contributed by atoms with E-state index in [0.717, 1.165) is 25.7 Å². The third kappa shape index (κ3) is 3.46. The van der Waals surface area contributed by atoms with E-state index in [9.17, 15) is 9.18 Å². The second-order valence-electron chi connectivity index (χ2n) is 7.72. The molecule has 0 radical (unpaired) electrons. The summed E-state index contributed by atoms with van der Waals surface area (Å²) in [6.45, 7) is 1.77. The van der Waals surface area contributed by atoms with Crippen LogP contribution in [0.2, 0.25) is 5.02 Å². The molecule has 2 fully saturated rings. The van der Waals surface area contributed by atoms with Gasteiger partial charge in [-0.05, 0) is 62.6 Å².